The van der Waals surface area contributed by atoms with Gasteiger partial charge in [-0.15, -0.1) is 0 Å². The van der Waals surface area contributed by atoms with Crippen molar-refractivity contribution >= 4 is 62.0 Å². The predicted octanol–water partition coefficient (Wildman–Crippen LogP) is 5.76. The third-order valence-electron chi connectivity index (χ3n) is 3.34. The van der Waals surface area contributed by atoms with E-state index in [1.54, 1.807) is 36.4 Å². The van der Waals surface area contributed by atoms with E-state index in [4.69, 9.17) is 27.6 Å². The molecule has 3 nitrogen and oxygen atoms in total. The van der Waals surface area contributed by atoms with E-state index < -0.39 is 11.4 Å². The van der Waals surface area contributed by atoms with Crippen molar-refractivity contribution in [2.75, 3.05) is 0 Å². The Kier molecular flexibility index (Phi) is 4.90. The van der Waals surface area contributed by atoms with Crippen molar-refractivity contribution in [1.82, 2.24) is 0 Å². The standard InChI is InChI=1S/C18H9BrCl2O3/c19-12-3-6-17-11(7-12)8-14(18(23)24-17)16(22)5-2-10-1-4-13(20)9-15(10)21/h1-9H/b5-2-. The van der Waals surface area contributed by atoms with Crippen molar-refractivity contribution in [3.8, 4) is 0 Å². The molecule has 0 N–H and O–H groups in total. The van der Waals surface area contributed by atoms with Crippen molar-refractivity contribution in [3.63, 3.8) is 0 Å². The topological polar surface area (TPSA) is 47.3 Å². The van der Waals surface area contributed by atoms with Crippen molar-refractivity contribution in [1.29, 1.82) is 0 Å². The normalized spacial score (nSPS) is 11.3. The molecule has 0 aliphatic carbocycles. The van der Waals surface area contributed by atoms with Crippen LogP contribution in [0.3, 0.4) is 0 Å². The Hall–Kier alpha value is -1.88. The van der Waals surface area contributed by atoms with Gasteiger partial charge in [0.25, 0.3) is 0 Å². The summed E-state index contributed by atoms with van der Waals surface area (Å²) < 4.78 is 6.01. The average Bonchev–Trinajstić information content (AvgIpc) is 2.53. The second-order valence-electron chi connectivity index (χ2n) is 4.99. The van der Waals surface area contributed by atoms with Crippen LogP contribution in [0.1, 0.15) is 15.9 Å². The molecule has 120 valence electrons. The minimum atomic E-state index is -0.679. The molecular weight excluding hydrogens is 415 g/mol. The number of allylic oxidation sites excluding steroid dienone is 1. The number of carbonyl (C=O) groups is 1. The van der Waals surface area contributed by atoms with Gasteiger partial charge in [-0.1, -0.05) is 45.2 Å². The third kappa shape index (κ3) is 3.61. The third-order valence-corrected chi connectivity index (χ3v) is 4.39. The number of carbonyl (C=O) groups excluding carboxylic acids is 1. The Morgan fingerprint density at radius 1 is 1.08 bits per heavy atom. The van der Waals surface area contributed by atoms with Gasteiger partial charge in [0.2, 0.25) is 0 Å². The van der Waals surface area contributed by atoms with E-state index in [1.807, 2.05) is 0 Å². The van der Waals surface area contributed by atoms with E-state index in [1.165, 1.54) is 18.2 Å². The lowest BCUT2D eigenvalue weighted by molar-refractivity contribution is 0.104. The molecule has 0 aliphatic heterocycles. The van der Waals surface area contributed by atoms with Crippen molar-refractivity contribution < 1.29 is 9.21 Å². The molecule has 0 saturated carbocycles. The highest BCUT2D eigenvalue weighted by molar-refractivity contribution is 9.10. The fourth-order valence-corrected chi connectivity index (χ4v) is 3.01. The number of benzene rings is 2. The second-order valence-corrected chi connectivity index (χ2v) is 6.75. The van der Waals surface area contributed by atoms with Gasteiger partial charge in [0.05, 0.1) is 0 Å². The van der Waals surface area contributed by atoms with Crippen LogP contribution in [0.5, 0.6) is 0 Å². The Morgan fingerprint density at radius 2 is 1.88 bits per heavy atom. The van der Waals surface area contributed by atoms with Crippen LogP contribution in [-0.4, -0.2) is 5.78 Å². The lowest BCUT2D eigenvalue weighted by Crippen LogP contribution is -2.11. The SMILES string of the molecule is O=C(/C=C\c1ccc(Cl)cc1Cl)c1cc2cc(Br)ccc2oc1=O. The largest absolute Gasteiger partial charge is 0.422 e. The van der Waals surface area contributed by atoms with Crippen molar-refractivity contribution in [2.45, 2.75) is 0 Å². The van der Waals surface area contributed by atoms with E-state index in [0.717, 1.165) is 4.47 Å². The summed E-state index contributed by atoms with van der Waals surface area (Å²) >= 11 is 15.2. The van der Waals surface area contributed by atoms with E-state index in [-0.39, 0.29) is 5.56 Å². The first-order chi connectivity index (χ1) is 11.4. The van der Waals surface area contributed by atoms with Gasteiger partial charge < -0.3 is 4.42 Å². The molecule has 1 heterocycles. The zero-order chi connectivity index (χ0) is 17.3. The average molecular weight is 424 g/mol. The van der Waals surface area contributed by atoms with Gasteiger partial charge in [-0.05, 0) is 54.1 Å². The van der Waals surface area contributed by atoms with Gasteiger partial charge in [0, 0.05) is 19.9 Å². The highest BCUT2D eigenvalue weighted by atomic mass is 79.9. The molecule has 0 aliphatic rings. The monoisotopic (exact) mass is 422 g/mol. The van der Waals surface area contributed by atoms with Gasteiger partial charge in [-0.2, -0.15) is 0 Å². The first-order valence-corrected chi connectivity index (χ1v) is 8.40. The fourth-order valence-electron chi connectivity index (χ4n) is 2.16. The zero-order valence-electron chi connectivity index (χ0n) is 12.1. The van der Waals surface area contributed by atoms with E-state index in [0.29, 0.717) is 26.6 Å². The van der Waals surface area contributed by atoms with Crippen LogP contribution in [0.4, 0.5) is 0 Å². The summed E-state index contributed by atoms with van der Waals surface area (Å²) in [6, 6.07) is 11.6. The summed E-state index contributed by atoms with van der Waals surface area (Å²) in [7, 11) is 0. The zero-order valence-corrected chi connectivity index (χ0v) is 15.2. The molecule has 24 heavy (non-hydrogen) atoms. The Balaban J connectivity index is 1.97. The Morgan fingerprint density at radius 3 is 2.62 bits per heavy atom. The van der Waals surface area contributed by atoms with Gasteiger partial charge in [-0.3, -0.25) is 4.79 Å². The number of halogens is 3. The van der Waals surface area contributed by atoms with E-state index >= 15 is 0 Å². The minimum Gasteiger partial charge on any atom is -0.422 e. The molecule has 2 aromatic carbocycles. The molecule has 3 rings (SSSR count). The van der Waals surface area contributed by atoms with Gasteiger partial charge in [0.1, 0.15) is 11.1 Å². The lowest BCUT2D eigenvalue weighted by Gasteiger charge is -2.01. The summed E-state index contributed by atoms with van der Waals surface area (Å²) in [5.74, 6) is -0.461. The Bertz CT molecular complexity index is 1040. The van der Waals surface area contributed by atoms with Crippen LogP contribution in [0.25, 0.3) is 17.0 Å². The van der Waals surface area contributed by atoms with Crippen LogP contribution in [-0.2, 0) is 0 Å². The molecular formula is C18H9BrCl2O3. The van der Waals surface area contributed by atoms with Crippen LogP contribution in [0.2, 0.25) is 10.0 Å². The molecule has 1 aromatic heterocycles. The van der Waals surface area contributed by atoms with Crippen LogP contribution < -0.4 is 5.63 Å². The number of hydrogen-bond acceptors (Lipinski definition) is 3. The van der Waals surface area contributed by atoms with Crippen molar-refractivity contribution in [3.05, 3.63) is 84.6 Å². The Labute approximate surface area is 155 Å². The smallest absolute Gasteiger partial charge is 0.347 e. The first-order valence-electron chi connectivity index (χ1n) is 6.85. The number of rotatable bonds is 3. The summed E-state index contributed by atoms with van der Waals surface area (Å²) in [6.45, 7) is 0. The molecule has 0 amide bonds. The van der Waals surface area contributed by atoms with Gasteiger partial charge >= 0.3 is 5.63 Å². The van der Waals surface area contributed by atoms with Crippen LogP contribution in [0, 0.1) is 0 Å². The minimum absolute atomic E-state index is 0.0399. The van der Waals surface area contributed by atoms with Gasteiger partial charge in [0.15, 0.2) is 5.78 Å². The molecule has 3 aromatic rings. The molecule has 0 saturated heterocycles. The molecule has 0 bridgehead atoms. The second kappa shape index (κ2) is 6.93. The van der Waals surface area contributed by atoms with Crippen LogP contribution >= 0.6 is 39.1 Å². The number of ketones is 1. The number of hydrogen-bond donors (Lipinski definition) is 0. The maximum Gasteiger partial charge on any atom is 0.347 e. The highest BCUT2D eigenvalue weighted by Crippen LogP contribution is 2.23. The molecule has 0 spiro atoms. The first kappa shape index (κ1) is 17.0. The fraction of sp³-hybridized carbons (Fsp3) is 0. The van der Waals surface area contributed by atoms with E-state index in [9.17, 15) is 9.59 Å². The quantitative estimate of drug-likeness (QED) is 0.305. The molecule has 6 heteroatoms. The molecule has 0 fully saturated rings. The summed E-state index contributed by atoms with van der Waals surface area (Å²) in [4.78, 5) is 24.3. The van der Waals surface area contributed by atoms with Crippen molar-refractivity contribution in [2.24, 2.45) is 0 Å². The summed E-state index contributed by atoms with van der Waals surface area (Å²) in [6.07, 6.45) is 2.82. The maximum atomic E-state index is 12.3. The molecule has 0 atom stereocenters. The lowest BCUT2D eigenvalue weighted by atomic mass is 10.1. The molecule has 0 unspecified atom stereocenters. The maximum absolute atomic E-state index is 12.3. The molecule has 0 radical (unpaired) electrons. The number of fused-ring (bicyclic) bond motifs is 1. The van der Waals surface area contributed by atoms with E-state index in [2.05, 4.69) is 15.9 Å². The van der Waals surface area contributed by atoms with Gasteiger partial charge in [-0.25, -0.2) is 4.79 Å². The highest BCUT2D eigenvalue weighted by Gasteiger charge is 2.11. The summed E-state index contributed by atoms with van der Waals surface area (Å²) in [5.41, 5.74) is 0.329. The van der Waals surface area contributed by atoms with Crippen LogP contribution in [0.15, 0.2) is 62.2 Å². The predicted molar refractivity (Wildman–Crippen MR) is 100 cm³/mol. The summed E-state index contributed by atoms with van der Waals surface area (Å²) in [5, 5.41) is 1.58.